The van der Waals surface area contributed by atoms with E-state index in [1.807, 2.05) is 24.3 Å². The summed E-state index contributed by atoms with van der Waals surface area (Å²) in [5.41, 5.74) is 12.9. The minimum atomic E-state index is -0.333. The fraction of sp³-hybridized carbons (Fsp3) is 0.167. The maximum atomic E-state index is 11.2. The molecular formula is C12H15N5O. The van der Waals surface area contributed by atoms with Gasteiger partial charge in [0, 0.05) is 12.2 Å². The topological polar surface area (TPSA) is 110 Å². The summed E-state index contributed by atoms with van der Waals surface area (Å²) in [4.78, 5) is 17.6. The molecule has 0 spiro atoms. The molecule has 1 aromatic heterocycles. The van der Waals surface area contributed by atoms with Crippen LogP contribution in [0.25, 0.3) is 0 Å². The number of nitrogens with two attached hydrogens (primary N) is 2. The van der Waals surface area contributed by atoms with Gasteiger partial charge in [0.1, 0.15) is 5.69 Å². The number of aromatic nitrogens is 2. The van der Waals surface area contributed by atoms with Gasteiger partial charge in [0.2, 0.25) is 0 Å². The fourth-order valence-electron chi connectivity index (χ4n) is 1.56. The average Bonchev–Trinajstić information content (AvgIpc) is 2.37. The molecule has 0 aliphatic carbocycles. The van der Waals surface area contributed by atoms with E-state index in [1.54, 1.807) is 0 Å². The van der Waals surface area contributed by atoms with E-state index in [2.05, 4.69) is 15.3 Å². The van der Waals surface area contributed by atoms with Crippen LogP contribution in [0.5, 0.6) is 0 Å². The number of nitrogens with one attached hydrogen (secondary N) is 2. The molecule has 2 rings (SSSR count). The second-order valence-corrected chi connectivity index (χ2v) is 3.91. The number of aromatic amines is 1. The summed E-state index contributed by atoms with van der Waals surface area (Å²) in [7, 11) is 0. The fourth-order valence-corrected chi connectivity index (χ4v) is 1.56. The maximum absolute atomic E-state index is 11.2. The highest BCUT2D eigenvalue weighted by Gasteiger charge is 2.03. The molecule has 0 atom stereocenters. The van der Waals surface area contributed by atoms with E-state index in [-0.39, 0.29) is 11.2 Å². The minimum Gasteiger partial charge on any atom is -0.399 e. The second kappa shape index (κ2) is 5.22. The number of anilines is 3. The molecule has 6 nitrogen and oxygen atoms in total. The van der Waals surface area contributed by atoms with Crippen molar-refractivity contribution < 1.29 is 0 Å². The third-order valence-corrected chi connectivity index (χ3v) is 2.57. The van der Waals surface area contributed by atoms with E-state index in [4.69, 9.17) is 11.5 Å². The van der Waals surface area contributed by atoms with Gasteiger partial charge in [-0.2, -0.15) is 0 Å². The zero-order valence-electron chi connectivity index (χ0n) is 9.81. The van der Waals surface area contributed by atoms with Crippen LogP contribution in [-0.2, 0) is 6.42 Å². The maximum Gasteiger partial charge on any atom is 0.276 e. The molecule has 94 valence electrons. The molecule has 0 aliphatic rings. The van der Waals surface area contributed by atoms with Crippen molar-refractivity contribution in [1.82, 2.24) is 9.97 Å². The van der Waals surface area contributed by atoms with Crippen molar-refractivity contribution in [3.63, 3.8) is 0 Å². The molecule has 0 saturated carbocycles. The van der Waals surface area contributed by atoms with Crippen molar-refractivity contribution in [1.29, 1.82) is 0 Å². The van der Waals surface area contributed by atoms with Crippen molar-refractivity contribution in [2.24, 2.45) is 0 Å². The minimum absolute atomic E-state index is 0.106. The van der Waals surface area contributed by atoms with Crippen LogP contribution in [0.15, 0.2) is 35.4 Å². The lowest BCUT2D eigenvalue weighted by Gasteiger charge is -2.07. The van der Waals surface area contributed by atoms with E-state index in [0.29, 0.717) is 12.4 Å². The molecule has 6 N–H and O–H groups in total. The normalized spacial score (nSPS) is 10.2. The number of H-pyrrole nitrogens is 1. The number of nitrogen functional groups attached to an aromatic ring is 2. The lowest BCUT2D eigenvalue weighted by atomic mass is 10.1. The van der Waals surface area contributed by atoms with Gasteiger partial charge in [0.05, 0.1) is 6.33 Å². The van der Waals surface area contributed by atoms with Crippen molar-refractivity contribution in [3.05, 3.63) is 46.5 Å². The monoisotopic (exact) mass is 245 g/mol. The van der Waals surface area contributed by atoms with E-state index in [1.165, 1.54) is 6.33 Å². The Bertz CT molecular complexity index is 576. The van der Waals surface area contributed by atoms with Crippen LogP contribution in [0.2, 0.25) is 0 Å². The van der Waals surface area contributed by atoms with Crippen LogP contribution in [0, 0.1) is 0 Å². The van der Waals surface area contributed by atoms with Gasteiger partial charge >= 0.3 is 0 Å². The zero-order chi connectivity index (χ0) is 13.0. The van der Waals surface area contributed by atoms with Crippen LogP contribution in [-0.4, -0.2) is 16.5 Å². The first kappa shape index (κ1) is 12.0. The van der Waals surface area contributed by atoms with Crippen LogP contribution in [0.1, 0.15) is 5.56 Å². The molecule has 0 aliphatic heterocycles. The van der Waals surface area contributed by atoms with E-state index < -0.39 is 0 Å². The number of benzene rings is 1. The Labute approximate surface area is 104 Å². The molecular weight excluding hydrogens is 230 g/mol. The molecule has 0 radical (unpaired) electrons. The summed E-state index contributed by atoms with van der Waals surface area (Å²) in [6, 6.07) is 7.64. The molecule has 2 aromatic rings. The molecule has 1 aromatic carbocycles. The SMILES string of the molecule is Nc1ccc(CCNc2nc[nH]c(=O)c2N)cc1. The van der Waals surface area contributed by atoms with Crippen LogP contribution < -0.4 is 22.3 Å². The molecule has 6 heteroatoms. The number of hydrogen-bond acceptors (Lipinski definition) is 5. The molecule has 0 unspecified atom stereocenters. The third kappa shape index (κ3) is 2.79. The second-order valence-electron chi connectivity index (χ2n) is 3.91. The van der Waals surface area contributed by atoms with Gasteiger partial charge in [-0.05, 0) is 24.1 Å². The van der Waals surface area contributed by atoms with Gasteiger partial charge in [-0.3, -0.25) is 4.79 Å². The number of hydrogen-bond donors (Lipinski definition) is 4. The molecule has 0 saturated heterocycles. The van der Waals surface area contributed by atoms with Crippen LogP contribution in [0.4, 0.5) is 17.2 Å². The van der Waals surface area contributed by atoms with Gasteiger partial charge < -0.3 is 21.8 Å². The summed E-state index contributed by atoms with van der Waals surface area (Å²) < 4.78 is 0. The largest absolute Gasteiger partial charge is 0.399 e. The van der Waals surface area contributed by atoms with E-state index in [9.17, 15) is 4.79 Å². The standard InChI is InChI=1S/C12H15N5O/c13-9-3-1-8(2-4-9)5-6-15-11-10(14)12(18)17-7-16-11/h1-4,7H,5-6,13-14H2,(H2,15,16,17,18). The van der Waals surface area contributed by atoms with E-state index in [0.717, 1.165) is 17.7 Å². The average molecular weight is 245 g/mol. The molecule has 18 heavy (non-hydrogen) atoms. The highest BCUT2D eigenvalue weighted by atomic mass is 16.1. The molecule has 1 heterocycles. The smallest absolute Gasteiger partial charge is 0.276 e. The Kier molecular flexibility index (Phi) is 3.47. The van der Waals surface area contributed by atoms with Gasteiger partial charge in [0.25, 0.3) is 5.56 Å². The lowest BCUT2D eigenvalue weighted by molar-refractivity contribution is 0.996. The highest BCUT2D eigenvalue weighted by Crippen LogP contribution is 2.09. The van der Waals surface area contributed by atoms with Gasteiger partial charge in [-0.15, -0.1) is 0 Å². The zero-order valence-corrected chi connectivity index (χ0v) is 9.81. The Morgan fingerprint density at radius 1 is 1.22 bits per heavy atom. The number of rotatable bonds is 4. The first-order valence-corrected chi connectivity index (χ1v) is 5.58. The first-order chi connectivity index (χ1) is 8.66. The van der Waals surface area contributed by atoms with Gasteiger partial charge in [-0.25, -0.2) is 4.98 Å². The summed E-state index contributed by atoms with van der Waals surface area (Å²) >= 11 is 0. The Morgan fingerprint density at radius 3 is 2.67 bits per heavy atom. The van der Waals surface area contributed by atoms with Gasteiger partial charge in [0.15, 0.2) is 5.82 Å². The highest BCUT2D eigenvalue weighted by molar-refractivity contribution is 5.58. The summed E-state index contributed by atoms with van der Waals surface area (Å²) in [5, 5.41) is 3.03. The summed E-state index contributed by atoms with van der Waals surface area (Å²) in [6.45, 7) is 0.643. The molecule has 0 amide bonds. The van der Waals surface area contributed by atoms with Crippen molar-refractivity contribution in [2.75, 3.05) is 23.3 Å². The number of nitrogens with zero attached hydrogens (tertiary/aromatic N) is 1. The van der Waals surface area contributed by atoms with Crippen LogP contribution in [0.3, 0.4) is 0 Å². The Morgan fingerprint density at radius 2 is 1.94 bits per heavy atom. The van der Waals surface area contributed by atoms with Crippen LogP contribution >= 0.6 is 0 Å². The van der Waals surface area contributed by atoms with E-state index >= 15 is 0 Å². The van der Waals surface area contributed by atoms with Crippen molar-refractivity contribution in [3.8, 4) is 0 Å². The Balaban J connectivity index is 1.94. The van der Waals surface area contributed by atoms with Gasteiger partial charge in [-0.1, -0.05) is 12.1 Å². The third-order valence-electron chi connectivity index (χ3n) is 2.57. The summed E-state index contributed by atoms with van der Waals surface area (Å²) in [5.74, 6) is 0.411. The quantitative estimate of drug-likeness (QED) is 0.589. The predicted molar refractivity (Wildman–Crippen MR) is 72.3 cm³/mol. The predicted octanol–water partition coefficient (Wildman–Crippen LogP) is 0.589. The van der Waals surface area contributed by atoms with Crippen molar-refractivity contribution >= 4 is 17.2 Å². The molecule has 0 bridgehead atoms. The summed E-state index contributed by atoms with van der Waals surface area (Å²) in [6.07, 6.45) is 2.12. The first-order valence-electron chi connectivity index (χ1n) is 5.58. The molecule has 0 fully saturated rings. The lowest BCUT2D eigenvalue weighted by Crippen LogP contribution is -2.17. The Hall–Kier alpha value is -2.50. The van der Waals surface area contributed by atoms with Crippen molar-refractivity contribution in [2.45, 2.75) is 6.42 Å².